The van der Waals surface area contributed by atoms with E-state index in [1.165, 1.54) is 24.3 Å². The molecule has 0 spiro atoms. The lowest BCUT2D eigenvalue weighted by Gasteiger charge is -2.07. The molecule has 0 radical (unpaired) electrons. The maximum atomic E-state index is 11.8. The van der Waals surface area contributed by atoms with Crippen molar-refractivity contribution in [3.05, 3.63) is 70.3 Å². The van der Waals surface area contributed by atoms with Crippen molar-refractivity contribution in [2.75, 3.05) is 5.75 Å². The molecule has 2 rings (SSSR count). The molecule has 0 unspecified atom stereocenters. The van der Waals surface area contributed by atoms with E-state index in [4.69, 9.17) is 0 Å². The van der Waals surface area contributed by atoms with E-state index in [-0.39, 0.29) is 23.6 Å². The van der Waals surface area contributed by atoms with Crippen molar-refractivity contribution in [3.8, 4) is 0 Å². The van der Waals surface area contributed by atoms with Crippen LogP contribution < -0.4 is 10.9 Å². The Balaban J connectivity index is 1.72. The van der Waals surface area contributed by atoms with Gasteiger partial charge in [-0.15, -0.1) is 11.8 Å². The molecule has 2 aromatic rings. The molecule has 0 bridgehead atoms. The lowest BCUT2D eigenvalue weighted by Crippen LogP contribution is -2.41. The Kier molecular flexibility index (Phi) is 6.32. The van der Waals surface area contributed by atoms with Crippen molar-refractivity contribution in [1.82, 2.24) is 10.9 Å². The zero-order valence-electron chi connectivity index (χ0n) is 12.6. The highest BCUT2D eigenvalue weighted by Crippen LogP contribution is 2.17. The minimum Gasteiger partial charge on any atom is -0.273 e. The average Bonchev–Trinajstić information content (AvgIpc) is 2.60. The smallest absolute Gasteiger partial charge is 0.269 e. The zero-order valence-corrected chi connectivity index (χ0v) is 13.4. The van der Waals surface area contributed by atoms with Crippen molar-refractivity contribution in [3.63, 3.8) is 0 Å². The minimum atomic E-state index is -0.548. The molecule has 0 aliphatic heterocycles. The van der Waals surface area contributed by atoms with Gasteiger partial charge in [0.15, 0.2) is 0 Å². The van der Waals surface area contributed by atoms with E-state index < -0.39 is 10.8 Å². The molecule has 124 valence electrons. The number of carbonyl (C=O) groups is 2. The Bertz CT molecular complexity index is 720. The van der Waals surface area contributed by atoms with E-state index in [9.17, 15) is 19.7 Å². The predicted molar refractivity (Wildman–Crippen MR) is 90.5 cm³/mol. The van der Waals surface area contributed by atoms with Crippen LogP contribution in [0.4, 0.5) is 5.69 Å². The maximum absolute atomic E-state index is 11.8. The van der Waals surface area contributed by atoms with Gasteiger partial charge in [0.2, 0.25) is 5.91 Å². The lowest BCUT2D eigenvalue weighted by atomic mass is 10.2. The molecule has 8 heteroatoms. The summed E-state index contributed by atoms with van der Waals surface area (Å²) in [6.07, 6.45) is 0.250. The number of amides is 2. The third-order valence-electron chi connectivity index (χ3n) is 3.00. The van der Waals surface area contributed by atoms with Crippen LogP contribution in [0.1, 0.15) is 16.8 Å². The number of nitrogens with one attached hydrogen (secondary N) is 2. The molecule has 0 fully saturated rings. The summed E-state index contributed by atoms with van der Waals surface area (Å²) < 4.78 is 0. The van der Waals surface area contributed by atoms with Crippen molar-refractivity contribution in [1.29, 1.82) is 0 Å². The molecule has 0 saturated heterocycles. The van der Waals surface area contributed by atoms with Gasteiger partial charge < -0.3 is 0 Å². The second-order valence-corrected chi connectivity index (χ2v) is 5.89. The Hall–Kier alpha value is -2.87. The number of carbonyl (C=O) groups excluding carboxylic acids is 2. The van der Waals surface area contributed by atoms with E-state index in [1.807, 2.05) is 30.3 Å². The van der Waals surface area contributed by atoms with Gasteiger partial charge in [-0.25, -0.2) is 0 Å². The van der Waals surface area contributed by atoms with Crippen LogP contribution in [0.15, 0.2) is 59.5 Å². The van der Waals surface area contributed by atoms with Crippen LogP contribution in [0.3, 0.4) is 0 Å². The topological polar surface area (TPSA) is 101 Å². The number of hydrazine groups is 1. The molecular formula is C16H15N3O4S. The third-order valence-corrected chi connectivity index (χ3v) is 4.01. The van der Waals surface area contributed by atoms with Gasteiger partial charge in [0.1, 0.15) is 0 Å². The summed E-state index contributed by atoms with van der Waals surface area (Å²) in [6.45, 7) is 0. The first kappa shape index (κ1) is 17.5. The fourth-order valence-electron chi connectivity index (χ4n) is 1.77. The molecule has 0 aromatic heterocycles. The van der Waals surface area contributed by atoms with Crippen LogP contribution in [0.25, 0.3) is 0 Å². The van der Waals surface area contributed by atoms with E-state index in [1.54, 1.807) is 11.8 Å². The largest absolute Gasteiger partial charge is 0.273 e. The standard InChI is InChI=1S/C16H15N3O4S/c20-15(10-11-24-14-4-2-1-3-5-14)17-18-16(21)12-6-8-13(9-7-12)19(22)23/h1-9H,10-11H2,(H,17,20)(H,18,21). The number of nitrogens with zero attached hydrogens (tertiary/aromatic N) is 1. The zero-order chi connectivity index (χ0) is 17.4. The Labute approximate surface area is 142 Å². The molecule has 0 aliphatic carbocycles. The molecule has 7 nitrogen and oxygen atoms in total. The van der Waals surface area contributed by atoms with Gasteiger partial charge in [0.05, 0.1) is 4.92 Å². The summed E-state index contributed by atoms with van der Waals surface area (Å²) in [5.41, 5.74) is 4.72. The molecule has 2 amide bonds. The highest BCUT2D eigenvalue weighted by atomic mass is 32.2. The van der Waals surface area contributed by atoms with Gasteiger partial charge in [-0.3, -0.25) is 30.6 Å². The summed E-state index contributed by atoms with van der Waals surface area (Å²) in [5, 5.41) is 10.5. The van der Waals surface area contributed by atoms with E-state index in [2.05, 4.69) is 10.9 Å². The molecular weight excluding hydrogens is 330 g/mol. The van der Waals surface area contributed by atoms with Gasteiger partial charge in [-0.1, -0.05) is 18.2 Å². The average molecular weight is 345 g/mol. The molecule has 2 aromatic carbocycles. The molecule has 2 N–H and O–H groups in total. The number of nitro groups is 1. The van der Waals surface area contributed by atoms with Crippen LogP contribution in [0.5, 0.6) is 0 Å². The lowest BCUT2D eigenvalue weighted by molar-refractivity contribution is -0.384. The monoisotopic (exact) mass is 345 g/mol. The van der Waals surface area contributed by atoms with Crippen LogP contribution in [-0.2, 0) is 4.79 Å². The normalized spacial score (nSPS) is 10.0. The highest BCUT2D eigenvalue weighted by Gasteiger charge is 2.10. The number of benzene rings is 2. The number of hydrogen-bond acceptors (Lipinski definition) is 5. The summed E-state index contributed by atoms with van der Waals surface area (Å²) >= 11 is 1.55. The number of nitro benzene ring substituents is 1. The van der Waals surface area contributed by atoms with Crippen molar-refractivity contribution >= 4 is 29.3 Å². The van der Waals surface area contributed by atoms with Crippen molar-refractivity contribution < 1.29 is 14.5 Å². The first-order valence-electron chi connectivity index (χ1n) is 7.08. The fourth-order valence-corrected chi connectivity index (χ4v) is 2.65. The predicted octanol–water partition coefficient (Wildman–Crippen LogP) is 2.54. The second kappa shape index (κ2) is 8.68. The number of hydrogen-bond donors (Lipinski definition) is 2. The Morgan fingerprint density at radius 1 is 1.00 bits per heavy atom. The Morgan fingerprint density at radius 3 is 2.29 bits per heavy atom. The summed E-state index contributed by atoms with van der Waals surface area (Å²) in [7, 11) is 0. The maximum Gasteiger partial charge on any atom is 0.269 e. The van der Waals surface area contributed by atoms with E-state index >= 15 is 0 Å². The van der Waals surface area contributed by atoms with Gasteiger partial charge in [-0.2, -0.15) is 0 Å². The van der Waals surface area contributed by atoms with Crippen LogP contribution in [-0.4, -0.2) is 22.5 Å². The number of rotatable bonds is 6. The number of non-ortho nitro benzene ring substituents is 1. The first-order valence-corrected chi connectivity index (χ1v) is 8.06. The molecule has 24 heavy (non-hydrogen) atoms. The quantitative estimate of drug-likeness (QED) is 0.476. The minimum absolute atomic E-state index is 0.103. The van der Waals surface area contributed by atoms with Crippen molar-refractivity contribution in [2.24, 2.45) is 0 Å². The second-order valence-electron chi connectivity index (χ2n) is 4.72. The van der Waals surface area contributed by atoms with E-state index in [0.29, 0.717) is 5.75 Å². The molecule has 0 heterocycles. The van der Waals surface area contributed by atoms with Crippen molar-refractivity contribution in [2.45, 2.75) is 11.3 Å². The SMILES string of the molecule is O=C(CCSc1ccccc1)NNC(=O)c1ccc([N+](=O)[O-])cc1. The van der Waals surface area contributed by atoms with Gasteiger partial charge in [0, 0.05) is 34.8 Å². The van der Waals surface area contributed by atoms with Crippen LogP contribution in [0, 0.1) is 10.1 Å². The highest BCUT2D eigenvalue weighted by molar-refractivity contribution is 7.99. The fraction of sp³-hybridized carbons (Fsp3) is 0.125. The van der Waals surface area contributed by atoms with Gasteiger partial charge >= 0.3 is 0 Å². The summed E-state index contributed by atoms with van der Waals surface area (Å²) in [6, 6.07) is 14.8. The molecule has 0 saturated carbocycles. The van der Waals surface area contributed by atoms with Crippen LogP contribution in [0.2, 0.25) is 0 Å². The van der Waals surface area contributed by atoms with Crippen LogP contribution >= 0.6 is 11.8 Å². The van der Waals surface area contributed by atoms with E-state index in [0.717, 1.165) is 4.90 Å². The third kappa shape index (κ3) is 5.40. The first-order chi connectivity index (χ1) is 11.6. The number of thioether (sulfide) groups is 1. The molecule has 0 aliphatic rings. The summed E-state index contributed by atoms with van der Waals surface area (Å²) in [4.78, 5) is 34.6. The van der Waals surface area contributed by atoms with Gasteiger partial charge in [-0.05, 0) is 24.3 Å². The Morgan fingerprint density at radius 2 is 1.67 bits per heavy atom. The summed E-state index contributed by atoms with van der Waals surface area (Å²) in [5.74, 6) is -0.258. The molecule has 0 atom stereocenters. The van der Waals surface area contributed by atoms with Gasteiger partial charge in [0.25, 0.3) is 11.6 Å².